The molecular weight excluding hydrogens is 330 g/mol. The fourth-order valence-electron chi connectivity index (χ4n) is 2.41. The summed E-state index contributed by atoms with van der Waals surface area (Å²) in [6, 6.07) is 5.83. The van der Waals surface area contributed by atoms with E-state index in [2.05, 4.69) is 28.6 Å². The van der Waals surface area contributed by atoms with Crippen LogP contribution >= 0.6 is 15.9 Å². The van der Waals surface area contributed by atoms with Crippen LogP contribution in [0.3, 0.4) is 0 Å². The summed E-state index contributed by atoms with van der Waals surface area (Å²) in [5.41, 5.74) is 1.99. The summed E-state index contributed by atoms with van der Waals surface area (Å²) in [6.07, 6.45) is 4.64. The van der Waals surface area contributed by atoms with Crippen molar-refractivity contribution in [2.45, 2.75) is 20.3 Å². The van der Waals surface area contributed by atoms with Gasteiger partial charge in [-0.1, -0.05) is 25.7 Å². The lowest BCUT2D eigenvalue weighted by molar-refractivity contribution is -0.131. The molecule has 1 aliphatic rings. The van der Waals surface area contributed by atoms with Gasteiger partial charge in [0.1, 0.15) is 12.4 Å². The smallest absolute Gasteiger partial charge is 0.230 e. The first-order valence-corrected chi connectivity index (χ1v) is 7.93. The van der Waals surface area contributed by atoms with Crippen molar-refractivity contribution in [3.63, 3.8) is 0 Å². The average Bonchev–Trinajstić information content (AvgIpc) is 2.48. The first-order chi connectivity index (χ1) is 10.1. The Morgan fingerprint density at radius 1 is 1.52 bits per heavy atom. The number of halogens is 1. The molecule has 1 aromatic rings. The molecule has 2 rings (SSSR count). The van der Waals surface area contributed by atoms with Crippen LogP contribution in [0.5, 0.6) is 5.75 Å². The van der Waals surface area contributed by atoms with Gasteiger partial charge in [-0.2, -0.15) is 0 Å². The van der Waals surface area contributed by atoms with Crippen molar-refractivity contribution in [2.24, 2.45) is 5.92 Å². The predicted molar refractivity (Wildman–Crippen MR) is 89.0 cm³/mol. The van der Waals surface area contributed by atoms with Gasteiger partial charge < -0.3 is 9.64 Å². The summed E-state index contributed by atoms with van der Waals surface area (Å²) >= 11 is 3.58. The highest BCUT2D eigenvalue weighted by atomic mass is 79.9. The molecule has 4 heteroatoms. The van der Waals surface area contributed by atoms with Crippen molar-refractivity contribution in [3.05, 3.63) is 47.0 Å². The molecule has 0 spiro atoms. The van der Waals surface area contributed by atoms with Crippen molar-refractivity contribution >= 4 is 27.5 Å². The Morgan fingerprint density at radius 2 is 2.29 bits per heavy atom. The zero-order valence-electron chi connectivity index (χ0n) is 12.4. The molecule has 21 heavy (non-hydrogen) atoms. The molecule has 1 atom stereocenters. The Labute approximate surface area is 134 Å². The molecule has 0 fully saturated rings. The van der Waals surface area contributed by atoms with Crippen LogP contribution in [0.2, 0.25) is 0 Å². The number of carbonyl (C=O) groups excluding carboxylic acids is 1. The largest absolute Gasteiger partial charge is 0.490 e. The third-order valence-corrected chi connectivity index (χ3v) is 4.20. The highest BCUT2D eigenvalue weighted by Crippen LogP contribution is 2.34. The number of amides is 1. The molecule has 0 saturated heterocycles. The molecular formula is C17H20BrNO2. The van der Waals surface area contributed by atoms with Crippen molar-refractivity contribution in [1.82, 2.24) is 4.90 Å². The van der Waals surface area contributed by atoms with E-state index in [1.165, 1.54) is 0 Å². The number of ether oxygens (including phenoxy) is 1. The lowest BCUT2D eigenvalue weighted by Gasteiger charge is -2.31. The van der Waals surface area contributed by atoms with E-state index in [0.717, 1.165) is 27.9 Å². The summed E-state index contributed by atoms with van der Waals surface area (Å²) in [4.78, 5) is 14.1. The van der Waals surface area contributed by atoms with Crippen LogP contribution in [0.25, 0.3) is 5.70 Å². The minimum Gasteiger partial charge on any atom is -0.490 e. The summed E-state index contributed by atoms with van der Waals surface area (Å²) in [7, 11) is 0. The van der Waals surface area contributed by atoms with E-state index in [9.17, 15) is 4.79 Å². The molecule has 1 amide bonds. The fraction of sp³-hybridized carbons (Fsp3) is 0.353. The van der Waals surface area contributed by atoms with Gasteiger partial charge in [0.05, 0.1) is 0 Å². The van der Waals surface area contributed by atoms with Crippen LogP contribution in [0, 0.1) is 5.92 Å². The van der Waals surface area contributed by atoms with Gasteiger partial charge in [0.2, 0.25) is 5.91 Å². The fourth-order valence-corrected chi connectivity index (χ4v) is 2.98. The number of nitrogens with zero attached hydrogens (tertiary/aromatic N) is 1. The van der Waals surface area contributed by atoms with Crippen molar-refractivity contribution < 1.29 is 9.53 Å². The monoisotopic (exact) mass is 349 g/mol. The van der Waals surface area contributed by atoms with E-state index >= 15 is 0 Å². The number of benzene rings is 1. The molecule has 1 heterocycles. The van der Waals surface area contributed by atoms with Crippen LogP contribution in [-0.2, 0) is 4.79 Å². The Kier molecular flexibility index (Phi) is 5.23. The lowest BCUT2D eigenvalue weighted by atomic mass is 9.97. The van der Waals surface area contributed by atoms with E-state index in [-0.39, 0.29) is 11.8 Å². The van der Waals surface area contributed by atoms with Gasteiger partial charge in [0.25, 0.3) is 0 Å². The summed E-state index contributed by atoms with van der Waals surface area (Å²) in [5.74, 6) is 1.03. The molecule has 0 N–H and O–H groups in total. The second kappa shape index (κ2) is 6.94. The van der Waals surface area contributed by atoms with Gasteiger partial charge in [0.15, 0.2) is 0 Å². The molecule has 1 unspecified atom stereocenters. The third kappa shape index (κ3) is 3.38. The van der Waals surface area contributed by atoms with Gasteiger partial charge in [-0.15, -0.1) is 0 Å². The zero-order valence-corrected chi connectivity index (χ0v) is 14.0. The standard InChI is InChI=1S/C17H20BrNO2/c1-4-10-21-13-7-8-14(15(18)11-13)16-9-6-12(3)17(20)19(16)5-2/h4,7-9,11-12H,1,5-6,10H2,2-3H3. The van der Waals surface area contributed by atoms with Crippen LogP contribution in [-0.4, -0.2) is 24.0 Å². The van der Waals surface area contributed by atoms with E-state index in [4.69, 9.17) is 4.74 Å². The maximum absolute atomic E-state index is 12.3. The van der Waals surface area contributed by atoms with Gasteiger partial charge in [-0.25, -0.2) is 0 Å². The normalized spacial score (nSPS) is 18.4. The number of carbonyl (C=O) groups is 1. The molecule has 0 saturated carbocycles. The summed E-state index contributed by atoms with van der Waals surface area (Å²) in [6.45, 7) is 8.76. The van der Waals surface area contributed by atoms with E-state index in [1.54, 1.807) is 6.08 Å². The minimum atomic E-state index is 0.0580. The van der Waals surface area contributed by atoms with Crippen molar-refractivity contribution in [2.75, 3.05) is 13.2 Å². The van der Waals surface area contributed by atoms with Gasteiger partial charge in [-0.05, 0) is 47.5 Å². The number of hydrogen-bond donors (Lipinski definition) is 0. The van der Waals surface area contributed by atoms with E-state index < -0.39 is 0 Å². The van der Waals surface area contributed by atoms with Gasteiger partial charge >= 0.3 is 0 Å². The lowest BCUT2D eigenvalue weighted by Crippen LogP contribution is -2.36. The van der Waals surface area contributed by atoms with Crippen LogP contribution in [0.15, 0.2) is 41.4 Å². The number of rotatable bonds is 5. The van der Waals surface area contributed by atoms with Crippen LogP contribution < -0.4 is 4.74 Å². The first kappa shape index (κ1) is 15.8. The highest BCUT2D eigenvalue weighted by molar-refractivity contribution is 9.10. The van der Waals surface area contributed by atoms with Crippen LogP contribution in [0.4, 0.5) is 0 Å². The Bertz CT molecular complexity index is 580. The molecule has 112 valence electrons. The maximum Gasteiger partial charge on any atom is 0.230 e. The maximum atomic E-state index is 12.3. The Morgan fingerprint density at radius 3 is 2.90 bits per heavy atom. The molecule has 0 aliphatic carbocycles. The summed E-state index contributed by atoms with van der Waals surface area (Å²) < 4.78 is 6.45. The predicted octanol–water partition coefficient (Wildman–Crippen LogP) is 4.24. The van der Waals surface area contributed by atoms with Gasteiger partial charge in [-0.3, -0.25) is 4.79 Å². The minimum absolute atomic E-state index is 0.0580. The van der Waals surface area contributed by atoms with Crippen molar-refractivity contribution in [1.29, 1.82) is 0 Å². The zero-order chi connectivity index (χ0) is 15.4. The summed E-state index contributed by atoms with van der Waals surface area (Å²) in [5, 5.41) is 0. The average molecular weight is 350 g/mol. The quantitative estimate of drug-likeness (QED) is 0.744. The van der Waals surface area contributed by atoms with E-state index in [1.807, 2.05) is 36.9 Å². The molecule has 1 aromatic carbocycles. The molecule has 0 aromatic heterocycles. The number of hydrogen-bond acceptors (Lipinski definition) is 2. The second-order valence-corrected chi connectivity index (χ2v) is 5.90. The highest BCUT2D eigenvalue weighted by Gasteiger charge is 2.27. The molecule has 0 radical (unpaired) electrons. The molecule has 1 aliphatic heterocycles. The SMILES string of the molecule is C=CCOc1ccc(C2=CCC(C)C(=O)N2CC)c(Br)c1. The number of allylic oxidation sites excluding steroid dienone is 1. The second-order valence-electron chi connectivity index (χ2n) is 5.05. The van der Waals surface area contributed by atoms with Crippen molar-refractivity contribution in [3.8, 4) is 5.75 Å². The molecule has 3 nitrogen and oxygen atoms in total. The Balaban J connectivity index is 2.32. The Hall–Kier alpha value is -1.55. The first-order valence-electron chi connectivity index (χ1n) is 7.13. The van der Waals surface area contributed by atoms with E-state index in [0.29, 0.717) is 13.2 Å². The third-order valence-electron chi connectivity index (χ3n) is 3.54. The van der Waals surface area contributed by atoms with Gasteiger partial charge in [0, 0.05) is 28.2 Å². The van der Waals surface area contributed by atoms with Crippen LogP contribution in [0.1, 0.15) is 25.8 Å². The molecule has 0 bridgehead atoms. The topological polar surface area (TPSA) is 29.5 Å².